The second-order valence-corrected chi connectivity index (χ2v) is 6.62. The normalized spacial score (nSPS) is 45.4. The molecule has 1 saturated carbocycles. The molecule has 1 N–H and O–H groups in total. The third-order valence-corrected chi connectivity index (χ3v) is 5.13. The molecule has 0 bridgehead atoms. The van der Waals surface area contributed by atoms with Crippen molar-refractivity contribution in [2.24, 2.45) is 16.7 Å². The van der Waals surface area contributed by atoms with Gasteiger partial charge in [-0.15, -0.1) is 0 Å². The highest BCUT2D eigenvalue weighted by molar-refractivity contribution is 5.93. The molecular formula is C14H20O4. The Hall–Kier alpha value is -1.03. The van der Waals surface area contributed by atoms with Crippen LogP contribution in [0.3, 0.4) is 0 Å². The lowest BCUT2D eigenvalue weighted by Gasteiger charge is -2.54. The molecule has 100 valence electrons. The molecule has 1 saturated heterocycles. The molecule has 2 unspecified atom stereocenters. The zero-order valence-electron chi connectivity index (χ0n) is 11.3. The van der Waals surface area contributed by atoms with E-state index < -0.39 is 11.7 Å². The molecule has 0 aromatic heterocycles. The van der Waals surface area contributed by atoms with Gasteiger partial charge in [0.15, 0.2) is 0 Å². The van der Waals surface area contributed by atoms with Gasteiger partial charge in [0, 0.05) is 11.3 Å². The van der Waals surface area contributed by atoms with E-state index in [1.54, 1.807) is 6.92 Å². The van der Waals surface area contributed by atoms with E-state index in [-0.39, 0.29) is 23.4 Å². The third-order valence-electron chi connectivity index (χ3n) is 5.13. The molecule has 0 spiro atoms. The summed E-state index contributed by atoms with van der Waals surface area (Å²) >= 11 is 0. The zero-order chi connectivity index (χ0) is 13.3. The number of esters is 1. The van der Waals surface area contributed by atoms with Crippen molar-refractivity contribution in [3.63, 3.8) is 0 Å². The second kappa shape index (κ2) is 3.29. The quantitative estimate of drug-likeness (QED) is 0.670. The van der Waals surface area contributed by atoms with Crippen LogP contribution in [0, 0.1) is 16.7 Å². The van der Waals surface area contributed by atoms with E-state index >= 15 is 0 Å². The Morgan fingerprint density at radius 3 is 2.61 bits per heavy atom. The van der Waals surface area contributed by atoms with E-state index in [4.69, 9.17) is 9.47 Å². The molecule has 3 aliphatic rings. The van der Waals surface area contributed by atoms with E-state index in [1.165, 1.54) is 0 Å². The maximum Gasteiger partial charge on any atom is 0.338 e. The van der Waals surface area contributed by atoms with Crippen LogP contribution < -0.4 is 0 Å². The van der Waals surface area contributed by atoms with Gasteiger partial charge >= 0.3 is 5.97 Å². The average Bonchev–Trinajstić information content (AvgIpc) is 2.46. The summed E-state index contributed by atoms with van der Waals surface area (Å²) in [5.74, 6) is 0.148. The minimum Gasteiger partial charge on any atom is -0.469 e. The van der Waals surface area contributed by atoms with Crippen molar-refractivity contribution in [1.29, 1.82) is 0 Å². The van der Waals surface area contributed by atoms with Crippen molar-refractivity contribution < 1.29 is 19.4 Å². The van der Waals surface area contributed by atoms with Crippen LogP contribution in [-0.4, -0.2) is 23.5 Å². The smallest absolute Gasteiger partial charge is 0.338 e. The number of hydrogen-bond acceptors (Lipinski definition) is 4. The van der Waals surface area contributed by atoms with Crippen molar-refractivity contribution in [1.82, 2.24) is 0 Å². The first-order chi connectivity index (χ1) is 8.28. The molecule has 4 atom stereocenters. The highest BCUT2D eigenvalue weighted by Gasteiger charge is 2.66. The molecule has 2 heterocycles. The monoisotopic (exact) mass is 252 g/mol. The third kappa shape index (κ3) is 1.22. The van der Waals surface area contributed by atoms with Crippen LogP contribution in [0.25, 0.3) is 0 Å². The minimum atomic E-state index is -0.856. The summed E-state index contributed by atoms with van der Waals surface area (Å²) in [7, 11) is 0. The van der Waals surface area contributed by atoms with E-state index in [0.717, 1.165) is 12.8 Å². The average molecular weight is 252 g/mol. The fourth-order valence-electron chi connectivity index (χ4n) is 4.39. The van der Waals surface area contributed by atoms with Crippen LogP contribution in [0.5, 0.6) is 0 Å². The van der Waals surface area contributed by atoms with E-state index in [0.29, 0.717) is 11.3 Å². The predicted molar refractivity (Wildman–Crippen MR) is 64.3 cm³/mol. The lowest BCUT2D eigenvalue weighted by Crippen LogP contribution is -2.56. The first kappa shape index (κ1) is 12.0. The predicted octanol–water partition coefficient (Wildman–Crippen LogP) is 1.98. The van der Waals surface area contributed by atoms with Crippen molar-refractivity contribution in [3.05, 3.63) is 11.3 Å². The van der Waals surface area contributed by atoms with Crippen LogP contribution in [0.15, 0.2) is 11.3 Å². The summed E-state index contributed by atoms with van der Waals surface area (Å²) in [4.78, 5) is 12.0. The maximum atomic E-state index is 12.0. The molecule has 3 rings (SSSR count). The highest BCUT2D eigenvalue weighted by Crippen LogP contribution is 2.62. The maximum absolute atomic E-state index is 12.0. The fraction of sp³-hybridized carbons (Fsp3) is 0.786. The number of hydrogen-bond donors (Lipinski definition) is 1. The lowest BCUT2D eigenvalue weighted by atomic mass is 9.52. The summed E-state index contributed by atoms with van der Waals surface area (Å²) in [6, 6.07) is 0. The van der Waals surface area contributed by atoms with Gasteiger partial charge in [0.25, 0.3) is 0 Å². The molecule has 4 heteroatoms. The Morgan fingerprint density at radius 2 is 1.94 bits per heavy atom. The number of aliphatic hydroxyl groups excluding tert-OH is 1. The molecule has 0 amide bonds. The van der Waals surface area contributed by atoms with Crippen molar-refractivity contribution in [3.8, 4) is 0 Å². The first-order valence-electron chi connectivity index (χ1n) is 6.55. The van der Waals surface area contributed by atoms with Crippen LogP contribution >= 0.6 is 0 Å². The Balaban J connectivity index is 2.21. The molecule has 2 aliphatic heterocycles. The standard InChI is InChI=1S/C14H20O4/c1-7-9-11(15)18-8-5-6-13(2,3)10(12(16)17-7)14(8,9)4/h8,10,12,16H,5-6H2,1-4H3/t8-,10?,12?,14+/m0/s1. The number of rotatable bonds is 0. The molecule has 0 radical (unpaired) electrons. The van der Waals surface area contributed by atoms with Gasteiger partial charge in [-0.05, 0) is 25.2 Å². The topological polar surface area (TPSA) is 55.8 Å². The number of carbonyl (C=O) groups excluding carboxylic acids is 1. The van der Waals surface area contributed by atoms with E-state index in [9.17, 15) is 9.90 Å². The number of ether oxygens (including phenoxy) is 2. The minimum absolute atomic E-state index is 0.0649. The van der Waals surface area contributed by atoms with Gasteiger partial charge in [-0.2, -0.15) is 0 Å². The van der Waals surface area contributed by atoms with Crippen molar-refractivity contribution in [2.45, 2.75) is 52.9 Å². The number of carbonyl (C=O) groups is 1. The highest BCUT2D eigenvalue weighted by atomic mass is 16.6. The van der Waals surface area contributed by atoms with Crippen LogP contribution in [0.1, 0.15) is 40.5 Å². The SMILES string of the molecule is CC1=C2C(=O)O[C@H]3CCC(C)(C)C(C(O)O1)[C@@]23C. The molecular weight excluding hydrogens is 232 g/mol. The summed E-state index contributed by atoms with van der Waals surface area (Å²) in [6.07, 6.45) is 0.810. The van der Waals surface area contributed by atoms with E-state index in [1.807, 2.05) is 6.92 Å². The van der Waals surface area contributed by atoms with Crippen molar-refractivity contribution in [2.75, 3.05) is 0 Å². The summed E-state index contributed by atoms with van der Waals surface area (Å²) in [6.45, 7) is 8.05. The van der Waals surface area contributed by atoms with Crippen LogP contribution in [0.4, 0.5) is 0 Å². The van der Waals surface area contributed by atoms with Gasteiger partial charge < -0.3 is 14.6 Å². The molecule has 1 aliphatic carbocycles. The Kier molecular flexibility index (Phi) is 2.20. The Bertz CT molecular complexity index is 451. The molecule has 0 aromatic carbocycles. The van der Waals surface area contributed by atoms with Crippen LogP contribution in [-0.2, 0) is 14.3 Å². The molecule has 18 heavy (non-hydrogen) atoms. The van der Waals surface area contributed by atoms with Gasteiger partial charge in [-0.1, -0.05) is 20.8 Å². The first-order valence-corrected chi connectivity index (χ1v) is 6.55. The second-order valence-electron chi connectivity index (χ2n) is 6.62. The largest absolute Gasteiger partial charge is 0.469 e. The summed E-state index contributed by atoms with van der Waals surface area (Å²) in [5.41, 5.74) is 0.154. The lowest BCUT2D eigenvalue weighted by molar-refractivity contribution is -0.207. The van der Waals surface area contributed by atoms with Gasteiger partial charge in [-0.3, -0.25) is 0 Å². The summed E-state index contributed by atoms with van der Waals surface area (Å²) in [5, 5.41) is 10.3. The van der Waals surface area contributed by atoms with Gasteiger partial charge in [0.05, 0.1) is 5.57 Å². The van der Waals surface area contributed by atoms with Crippen LogP contribution in [0.2, 0.25) is 0 Å². The Morgan fingerprint density at radius 1 is 1.28 bits per heavy atom. The van der Waals surface area contributed by atoms with Gasteiger partial charge in [-0.25, -0.2) is 4.79 Å². The van der Waals surface area contributed by atoms with Crippen molar-refractivity contribution >= 4 is 5.97 Å². The Labute approximate surface area is 107 Å². The zero-order valence-corrected chi connectivity index (χ0v) is 11.3. The molecule has 0 aromatic rings. The number of allylic oxidation sites excluding steroid dienone is 1. The molecule has 4 nitrogen and oxygen atoms in total. The molecule has 2 fully saturated rings. The van der Waals surface area contributed by atoms with Gasteiger partial charge in [0.2, 0.25) is 6.29 Å². The number of aliphatic hydroxyl groups is 1. The fourth-order valence-corrected chi connectivity index (χ4v) is 4.39. The van der Waals surface area contributed by atoms with E-state index in [2.05, 4.69) is 13.8 Å². The van der Waals surface area contributed by atoms with Gasteiger partial charge in [0.1, 0.15) is 11.9 Å². The summed E-state index contributed by atoms with van der Waals surface area (Å²) < 4.78 is 11.0.